The lowest BCUT2D eigenvalue weighted by molar-refractivity contribution is -0.128. The molecule has 31 heavy (non-hydrogen) atoms. The summed E-state index contributed by atoms with van der Waals surface area (Å²) in [5.41, 5.74) is 5.64. The molecule has 1 amide bonds. The van der Waals surface area contributed by atoms with E-state index in [1.807, 2.05) is 41.5 Å². The van der Waals surface area contributed by atoms with Gasteiger partial charge in [-0.2, -0.15) is 0 Å². The monoisotopic (exact) mass is 418 g/mol. The molecule has 160 valence electrons. The van der Waals surface area contributed by atoms with Crippen LogP contribution < -0.4 is 5.48 Å². The molecule has 1 atom stereocenters. The van der Waals surface area contributed by atoms with Gasteiger partial charge in [0.2, 0.25) is 5.91 Å². The molecule has 4 rings (SSSR count). The van der Waals surface area contributed by atoms with Crippen molar-refractivity contribution in [2.75, 3.05) is 6.54 Å². The van der Waals surface area contributed by atoms with Crippen molar-refractivity contribution in [2.24, 2.45) is 16.3 Å². The molecule has 0 radical (unpaired) electrons. The van der Waals surface area contributed by atoms with Crippen LogP contribution in [0.2, 0.25) is 0 Å². The van der Waals surface area contributed by atoms with Crippen molar-refractivity contribution < 1.29 is 10.0 Å². The zero-order valence-electron chi connectivity index (χ0n) is 17.6. The van der Waals surface area contributed by atoms with E-state index in [1.54, 1.807) is 11.6 Å². The highest BCUT2D eigenvalue weighted by atomic mass is 16.5. The molecule has 1 aromatic carbocycles. The number of fused-ring (bicyclic) bond motifs is 1. The van der Waals surface area contributed by atoms with Crippen LogP contribution in [0.15, 0.2) is 76.8 Å². The summed E-state index contributed by atoms with van der Waals surface area (Å²) in [4.78, 5) is 15.9. The Morgan fingerprint density at radius 2 is 2.03 bits per heavy atom. The van der Waals surface area contributed by atoms with Crippen LogP contribution in [-0.2, 0) is 11.3 Å². The van der Waals surface area contributed by atoms with Gasteiger partial charge in [-0.15, -0.1) is 5.11 Å². The van der Waals surface area contributed by atoms with Crippen LogP contribution in [0, 0.1) is 5.92 Å². The van der Waals surface area contributed by atoms with Gasteiger partial charge >= 0.3 is 0 Å². The summed E-state index contributed by atoms with van der Waals surface area (Å²) in [5.74, 6) is -0.206. The van der Waals surface area contributed by atoms with Crippen LogP contribution >= 0.6 is 0 Å². The number of carbonyl (C=O) groups is 1. The quantitative estimate of drug-likeness (QED) is 0.443. The predicted molar refractivity (Wildman–Crippen MR) is 117 cm³/mol. The molecule has 3 heterocycles. The number of hydrogen-bond donors (Lipinski definition) is 2. The third-order valence-corrected chi connectivity index (χ3v) is 5.40. The van der Waals surface area contributed by atoms with Gasteiger partial charge < -0.3 is 4.57 Å². The van der Waals surface area contributed by atoms with E-state index in [0.29, 0.717) is 18.8 Å². The number of rotatable bonds is 7. The first-order valence-electron chi connectivity index (χ1n) is 10.3. The third kappa shape index (κ3) is 4.49. The Bertz CT molecular complexity index is 1120. The van der Waals surface area contributed by atoms with E-state index >= 15 is 0 Å². The summed E-state index contributed by atoms with van der Waals surface area (Å²) >= 11 is 0. The number of aromatic nitrogens is 2. The first-order chi connectivity index (χ1) is 15.1. The molecule has 0 spiro atoms. The summed E-state index contributed by atoms with van der Waals surface area (Å²) in [5, 5.41) is 20.5. The van der Waals surface area contributed by atoms with E-state index in [1.165, 1.54) is 5.39 Å². The summed E-state index contributed by atoms with van der Waals surface area (Å²) in [7, 11) is 0. The van der Waals surface area contributed by atoms with E-state index in [2.05, 4.69) is 51.9 Å². The number of amides is 1. The lowest BCUT2D eigenvalue weighted by Gasteiger charge is -2.29. The smallest absolute Gasteiger partial charge is 0.247 e. The standard InChI is InChI=1S/C23H26N6O2/c1-16(2)23(29-15-19(25-27-29)10-11-22(30)26-31)21-13-17-7-3-4-9-20(17)28(21)14-18-8-5-6-12-24-18/h3-10,12-13,16,23,31H,11,14-15H2,1-2H3,(H,26,30)/b19-10-. The van der Waals surface area contributed by atoms with E-state index < -0.39 is 5.91 Å². The highest BCUT2D eigenvalue weighted by molar-refractivity contribution is 5.81. The maximum Gasteiger partial charge on any atom is 0.247 e. The number of benzene rings is 1. The van der Waals surface area contributed by atoms with Crippen molar-refractivity contribution in [1.82, 2.24) is 20.0 Å². The Morgan fingerprint density at radius 1 is 1.23 bits per heavy atom. The van der Waals surface area contributed by atoms with Crippen molar-refractivity contribution in [3.63, 3.8) is 0 Å². The molecule has 1 unspecified atom stereocenters. The van der Waals surface area contributed by atoms with Crippen LogP contribution in [0.4, 0.5) is 0 Å². The highest BCUT2D eigenvalue weighted by Gasteiger charge is 2.30. The molecule has 1 aliphatic heterocycles. The van der Waals surface area contributed by atoms with E-state index in [4.69, 9.17) is 5.21 Å². The summed E-state index contributed by atoms with van der Waals surface area (Å²) < 4.78 is 2.30. The van der Waals surface area contributed by atoms with Crippen LogP contribution in [0.1, 0.15) is 37.7 Å². The first-order valence-corrected chi connectivity index (χ1v) is 10.3. The van der Waals surface area contributed by atoms with Gasteiger partial charge in [0.05, 0.1) is 30.5 Å². The summed E-state index contributed by atoms with van der Waals surface area (Å²) in [6.45, 7) is 5.51. The normalized spacial score (nSPS) is 15.9. The third-order valence-electron chi connectivity index (χ3n) is 5.40. The van der Waals surface area contributed by atoms with E-state index in [-0.39, 0.29) is 18.4 Å². The Hall–Kier alpha value is -3.52. The molecule has 0 aliphatic carbocycles. The Morgan fingerprint density at radius 3 is 2.77 bits per heavy atom. The number of hydroxylamine groups is 1. The van der Waals surface area contributed by atoms with Crippen LogP contribution in [0.3, 0.4) is 0 Å². The number of carbonyl (C=O) groups excluding carboxylic acids is 1. The lowest BCUT2D eigenvalue weighted by Crippen LogP contribution is -2.28. The van der Waals surface area contributed by atoms with Crippen molar-refractivity contribution in [3.05, 3.63) is 77.9 Å². The molecule has 2 aromatic heterocycles. The molecule has 3 aromatic rings. The van der Waals surface area contributed by atoms with Crippen LogP contribution in [-0.4, -0.2) is 32.2 Å². The molecule has 8 nitrogen and oxygen atoms in total. The number of para-hydroxylation sites is 1. The minimum Gasteiger partial charge on any atom is -0.336 e. The van der Waals surface area contributed by atoms with Crippen molar-refractivity contribution in [2.45, 2.75) is 32.9 Å². The maximum atomic E-state index is 11.3. The topological polar surface area (TPSA) is 95.1 Å². The fourth-order valence-corrected chi connectivity index (χ4v) is 4.00. The number of hydrogen-bond acceptors (Lipinski definition) is 6. The average Bonchev–Trinajstić information content (AvgIpc) is 3.38. The van der Waals surface area contributed by atoms with Gasteiger partial charge in [-0.3, -0.25) is 20.0 Å². The van der Waals surface area contributed by atoms with E-state index in [0.717, 1.165) is 16.9 Å². The van der Waals surface area contributed by atoms with Crippen molar-refractivity contribution in [1.29, 1.82) is 0 Å². The Labute approximate surface area is 180 Å². The minimum absolute atomic E-state index is 0.00238. The zero-order valence-corrected chi connectivity index (χ0v) is 17.6. The average molecular weight is 419 g/mol. The fraction of sp³-hybridized carbons (Fsp3) is 0.304. The summed E-state index contributed by atoms with van der Waals surface area (Å²) in [6, 6.07) is 16.5. The zero-order chi connectivity index (χ0) is 21.8. The van der Waals surface area contributed by atoms with Gasteiger partial charge in [0.1, 0.15) is 0 Å². The molecule has 2 N–H and O–H groups in total. The molecule has 1 aliphatic rings. The van der Waals surface area contributed by atoms with Gasteiger partial charge in [0, 0.05) is 23.8 Å². The molecule has 8 heteroatoms. The Kier molecular flexibility index (Phi) is 6.08. The molecular formula is C23H26N6O2. The fourth-order valence-electron chi connectivity index (χ4n) is 4.00. The molecule has 0 fully saturated rings. The number of nitrogens with zero attached hydrogens (tertiary/aromatic N) is 5. The second kappa shape index (κ2) is 9.09. The summed E-state index contributed by atoms with van der Waals surface area (Å²) in [6.07, 6.45) is 3.57. The Balaban J connectivity index is 1.69. The predicted octanol–water partition coefficient (Wildman–Crippen LogP) is 4.24. The van der Waals surface area contributed by atoms with Gasteiger partial charge in [0.25, 0.3) is 0 Å². The highest BCUT2D eigenvalue weighted by Crippen LogP contribution is 2.36. The lowest BCUT2D eigenvalue weighted by atomic mass is 9.99. The van der Waals surface area contributed by atoms with Gasteiger partial charge in [-0.05, 0) is 41.6 Å². The van der Waals surface area contributed by atoms with Gasteiger partial charge in [0.15, 0.2) is 0 Å². The number of pyridine rings is 1. The first kappa shape index (κ1) is 20.7. The molecule has 0 bridgehead atoms. The number of nitrogens with one attached hydrogen (secondary N) is 1. The van der Waals surface area contributed by atoms with Gasteiger partial charge in [-0.1, -0.05) is 43.3 Å². The molecule has 0 saturated carbocycles. The van der Waals surface area contributed by atoms with Gasteiger partial charge in [-0.25, -0.2) is 5.48 Å². The minimum atomic E-state index is -0.475. The van der Waals surface area contributed by atoms with Crippen molar-refractivity contribution in [3.8, 4) is 0 Å². The second-order valence-electron chi connectivity index (χ2n) is 7.95. The maximum absolute atomic E-state index is 11.3. The van der Waals surface area contributed by atoms with Crippen LogP contribution in [0.25, 0.3) is 10.9 Å². The molecular weight excluding hydrogens is 392 g/mol. The largest absolute Gasteiger partial charge is 0.336 e. The van der Waals surface area contributed by atoms with Crippen molar-refractivity contribution >= 4 is 16.8 Å². The van der Waals surface area contributed by atoms with E-state index in [9.17, 15) is 4.79 Å². The second-order valence-corrected chi connectivity index (χ2v) is 7.95. The van der Waals surface area contributed by atoms with Crippen LogP contribution in [0.5, 0.6) is 0 Å². The SMILES string of the molecule is CC(C)C(c1cc2ccccc2n1Cc1ccccn1)N1C/C(=C/CC(=O)NO)N=N1. The molecule has 0 saturated heterocycles.